The number of carbonyl (C=O) groups is 1. The molecule has 166 valence electrons. The van der Waals surface area contributed by atoms with Crippen molar-refractivity contribution in [1.29, 1.82) is 0 Å². The summed E-state index contributed by atoms with van der Waals surface area (Å²) >= 11 is 0. The number of nitrogens with zero attached hydrogens (tertiary/aromatic N) is 3. The second-order valence-corrected chi connectivity index (χ2v) is 7.59. The van der Waals surface area contributed by atoms with Crippen molar-refractivity contribution in [2.24, 2.45) is 16.6 Å². The van der Waals surface area contributed by atoms with Crippen LogP contribution < -0.4 is 26.0 Å². The SMILES string of the molecule is CN=C(NCCc1ccccc1OC)NCc1cccnc1N1CCCC(C(N)=O)C1. The largest absolute Gasteiger partial charge is 0.496 e. The van der Waals surface area contributed by atoms with Crippen molar-refractivity contribution in [2.45, 2.75) is 25.8 Å². The molecule has 3 rings (SSSR count). The highest BCUT2D eigenvalue weighted by Crippen LogP contribution is 2.24. The lowest BCUT2D eigenvalue weighted by molar-refractivity contribution is -0.122. The van der Waals surface area contributed by atoms with Gasteiger partial charge in [-0.1, -0.05) is 24.3 Å². The molecule has 1 fully saturated rings. The summed E-state index contributed by atoms with van der Waals surface area (Å²) in [6.45, 7) is 2.80. The van der Waals surface area contributed by atoms with Crippen molar-refractivity contribution in [3.63, 3.8) is 0 Å². The second kappa shape index (κ2) is 11.2. The number of nitrogens with two attached hydrogens (primary N) is 1. The van der Waals surface area contributed by atoms with E-state index in [-0.39, 0.29) is 11.8 Å². The quantitative estimate of drug-likeness (QED) is 0.440. The number of pyridine rings is 1. The fourth-order valence-corrected chi connectivity index (χ4v) is 3.88. The number of amides is 1. The Morgan fingerprint density at radius 1 is 1.26 bits per heavy atom. The number of anilines is 1. The molecule has 8 nitrogen and oxygen atoms in total. The Morgan fingerprint density at radius 3 is 2.84 bits per heavy atom. The molecule has 4 N–H and O–H groups in total. The van der Waals surface area contributed by atoms with Crippen LogP contribution in [0.5, 0.6) is 5.75 Å². The van der Waals surface area contributed by atoms with Gasteiger partial charge in [0.2, 0.25) is 5.91 Å². The van der Waals surface area contributed by atoms with Gasteiger partial charge in [-0.2, -0.15) is 0 Å². The topological polar surface area (TPSA) is 105 Å². The summed E-state index contributed by atoms with van der Waals surface area (Å²) in [7, 11) is 3.44. The molecule has 1 atom stereocenters. The molecule has 0 bridgehead atoms. The Labute approximate surface area is 183 Å². The fourth-order valence-electron chi connectivity index (χ4n) is 3.88. The molecule has 2 heterocycles. The van der Waals surface area contributed by atoms with Crippen molar-refractivity contribution in [3.8, 4) is 5.75 Å². The molecule has 1 aromatic heterocycles. The molecule has 31 heavy (non-hydrogen) atoms. The zero-order valence-electron chi connectivity index (χ0n) is 18.3. The van der Waals surface area contributed by atoms with Crippen molar-refractivity contribution >= 4 is 17.7 Å². The minimum atomic E-state index is -0.236. The van der Waals surface area contributed by atoms with Gasteiger partial charge in [0.15, 0.2) is 5.96 Å². The Hall–Kier alpha value is -3.29. The summed E-state index contributed by atoms with van der Waals surface area (Å²) in [6, 6.07) is 12.0. The number of primary amides is 1. The van der Waals surface area contributed by atoms with E-state index in [9.17, 15) is 4.79 Å². The van der Waals surface area contributed by atoms with Crippen LogP contribution in [0, 0.1) is 5.92 Å². The lowest BCUT2D eigenvalue weighted by Gasteiger charge is -2.33. The number of aliphatic imine (C=N–C) groups is 1. The van der Waals surface area contributed by atoms with E-state index in [0.29, 0.717) is 13.1 Å². The lowest BCUT2D eigenvalue weighted by Crippen LogP contribution is -2.42. The van der Waals surface area contributed by atoms with Gasteiger partial charge >= 0.3 is 0 Å². The van der Waals surface area contributed by atoms with E-state index in [2.05, 4.69) is 31.6 Å². The van der Waals surface area contributed by atoms with Gasteiger partial charge in [-0.15, -0.1) is 0 Å². The van der Waals surface area contributed by atoms with E-state index in [1.807, 2.05) is 30.3 Å². The van der Waals surface area contributed by atoms with E-state index < -0.39 is 0 Å². The number of rotatable bonds is 8. The van der Waals surface area contributed by atoms with Gasteiger partial charge in [-0.25, -0.2) is 4.98 Å². The van der Waals surface area contributed by atoms with Crippen molar-refractivity contribution < 1.29 is 9.53 Å². The van der Waals surface area contributed by atoms with Gasteiger partial charge in [0.1, 0.15) is 11.6 Å². The molecule has 0 spiro atoms. The van der Waals surface area contributed by atoms with E-state index in [1.165, 1.54) is 0 Å². The maximum atomic E-state index is 11.6. The first kappa shape index (κ1) is 22.4. The van der Waals surface area contributed by atoms with Crippen LogP contribution in [-0.2, 0) is 17.8 Å². The predicted molar refractivity (Wildman–Crippen MR) is 123 cm³/mol. The highest BCUT2D eigenvalue weighted by molar-refractivity contribution is 5.80. The molecule has 1 unspecified atom stereocenters. The fraction of sp³-hybridized carbons (Fsp3) is 0.435. The number of ether oxygens (including phenoxy) is 1. The summed E-state index contributed by atoms with van der Waals surface area (Å²) in [4.78, 5) is 22.7. The van der Waals surface area contributed by atoms with Gasteiger partial charge in [-0.05, 0) is 37.0 Å². The Morgan fingerprint density at radius 2 is 2.06 bits per heavy atom. The van der Waals surface area contributed by atoms with Gasteiger partial charge < -0.3 is 26.0 Å². The smallest absolute Gasteiger partial charge is 0.222 e. The van der Waals surface area contributed by atoms with Gasteiger partial charge in [-0.3, -0.25) is 9.79 Å². The summed E-state index contributed by atoms with van der Waals surface area (Å²) < 4.78 is 5.41. The van der Waals surface area contributed by atoms with Gasteiger partial charge in [0.25, 0.3) is 0 Å². The number of hydrogen-bond acceptors (Lipinski definition) is 5. The monoisotopic (exact) mass is 424 g/mol. The number of piperidine rings is 1. The molecule has 1 aliphatic heterocycles. The van der Waals surface area contributed by atoms with Crippen molar-refractivity contribution in [2.75, 3.05) is 38.7 Å². The Bertz CT molecular complexity index is 901. The molecule has 1 amide bonds. The molecule has 1 aromatic carbocycles. The molecular weight excluding hydrogens is 392 g/mol. The number of methoxy groups -OCH3 is 1. The van der Waals surface area contributed by atoms with Crippen LogP contribution in [0.2, 0.25) is 0 Å². The highest BCUT2D eigenvalue weighted by atomic mass is 16.5. The standard InChI is InChI=1S/C23H32N6O2/c1-25-23(27-13-11-17-7-3-4-10-20(17)31-2)28-15-18-8-5-12-26-22(18)29-14-6-9-19(16-29)21(24)30/h3-5,7-8,10,12,19H,6,9,11,13-16H2,1-2H3,(H2,24,30)(H2,25,27,28). The van der Waals surface area contributed by atoms with Crippen LogP contribution in [0.1, 0.15) is 24.0 Å². The minimum absolute atomic E-state index is 0.124. The molecule has 2 aromatic rings. The molecule has 1 aliphatic rings. The summed E-state index contributed by atoms with van der Waals surface area (Å²) in [5.41, 5.74) is 7.74. The zero-order chi connectivity index (χ0) is 22.1. The number of hydrogen-bond donors (Lipinski definition) is 3. The van der Waals surface area contributed by atoms with Crippen LogP contribution >= 0.6 is 0 Å². The molecule has 0 radical (unpaired) electrons. The van der Waals surface area contributed by atoms with Crippen LogP contribution in [0.3, 0.4) is 0 Å². The van der Waals surface area contributed by atoms with Crippen molar-refractivity contribution in [3.05, 3.63) is 53.7 Å². The minimum Gasteiger partial charge on any atom is -0.496 e. The zero-order valence-corrected chi connectivity index (χ0v) is 18.3. The third-order valence-electron chi connectivity index (χ3n) is 5.54. The average Bonchev–Trinajstić information content (AvgIpc) is 2.81. The lowest BCUT2D eigenvalue weighted by atomic mass is 9.97. The maximum absolute atomic E-state index is 11.6. The van der Waals surface area contributed by atoms with Crippen LogP contribution in [0.4, 0.5) is 5.82 Å². The van der Waals surface area contributed by atoms with E-state index in [0.717, 1.165) is 61.0 Å². The Kier molecular flexibility index (Phi) is 8.09. The number of carbonyl (C=O) groups excluding carboxylic acids is 1. The molecule has 8 heteroatoms. The number of para-hydroxylation sites is 1. The van der Waals surface area contributed by atoms with Gasteiger partial charge in [0, 0.05) is 45.0 Å². The Balaban J connectivity index is 1.57. The average molecular weight is 425 g/mol. The van der Waals surface area contributed by atoms with E-state index in [4.69, 9.17) is 10.5 Å². The first-order valence-corrected chi connectivity index (χ1v) is 10.7. The van der Waals surface area contributed by atoms with Crippen LogP contribution in [0.25, 0.3) is 0 Å². The number of aromatic nitrogens is 1. The predicted octanol–water partition coefficient (Wildman–Crippen LogP) is 1.70. The van der Waals surface area contributed by atoms with Crippen molar-refractivity contribution in [1.82, 2.24) is 15.6 Å². The summed E-state index contributed by atoms with van der Waals surface area (Å²) in [5, 5.41) is 6.71. The molecule has 0 saturated carbocycles. The van der Waals surface area contributed by atoms with E-state index >= 15 is 0 Å². The highest BCUT2D eigenvalue weighted by Gasteiger charge is 2.25. The number of guanidine groups is 1. The third-order valence-corrected chi connectivity index (χ3v) is 5.54. The van der Waals surface area contributed by atoms with Crippen LogP contribution in [-0.4, -0.2) is 50.6 Å². The normalized spacial score (nSPS) is 16.6. The maximum Gasteiger partial charge on any atom is 0.222 e. The van der Waals surface area contributed by atoms with Gasteiger partial charge in [0.05, 0.1) is 13.0 Å². The summed E-state index contributed by atoms with van der Waals surface area (Å²) in [5.74, 6) is 2.15. The number of benzene rings is 1. The summed E-state index contributed by atoms with van der Waals surface area (Å²) in [6.07, 6.45) is 4.39. The first-order valence-electron chi connectivity index (χ1n) is 10.7. The molecule has 0 aliphatic carbocycles. The molecular formula is C23H32N6O2. The third kappa shape index (κ3) is 6.10. The van der Waals surface area contributed by atoms with E-state index in [1.54, 1.807) is 20.4 Å². The second-order valence-electron chi connectivity index (χ2n) is 7.59. The number of nitrogens with one attached hydrogen (secondary N) is 2. The van der Waals surface area contributed by atoms with Crippen LogP contribution in [0.15, 0.2) is 47.6 Å². The molecule has 1 saturated heterocycles. The first-order chi connectivity index (χ1) is 15.1.